The highest BCUT2D eigenvalue weighted by Crippen LogP contribution is 2.22. The molecule has 0 spiro atoms. The lowest BCUT2D eigenvalue weighted by molar-refractivity contribution is 0.259. The lowest BCUT2D eigenvalue weighted by atomic mass is 10.2. The maximum absolute atomic E-state index is 12.1. The van der Waals surface area contributed by atoms with E-state index in [1.165, 1.54) is 24.3 Å². The Hall–Kier alpha value is -2.54. The Balaban J connectivity index is 2.24. The standard InChI is InChI=1S/C14H14N2O4S/c1-10-5-7-13(8-6-10)21(18,19)20-12-4-2-3-11(9-12)16-14(15)17/h2-9H,1H3,(H3,15,16,17). The Morgan fingerprint density at radius 2 is 1.81 bits per heavy atom. The molecule has 2 aromatic carbocycles. The normalized spacial score (nSPS) is 10.9. The lowest BCUT2D eigenvalue weighted by Gasteiger charge is -2.08. The molecular formula is C14H14N2O4S. The summed E-state index contributed by atoms with van der Waals surface area (Å²) in [4.78, 5) is 10.8. The number of primary amides is 1. The number of benzene rings is 2. The Morgan fingerprint density at radius 1 is 1.14 bits per heavy atom. The van der Waals surface area contributed by atoms with Crippen molar-refractivity contribution >= 4 is 21.8 Å². The number of nitrogens with one attached hydrogen (secondary N) is 1. The number of carbonyl (C=O) groups excluding carboxylic acids is 1. The molecule has 2 rings (SSSR count). The molecule has 0 saturated heterocycles. The van der Waals surface area contributed by atoms with Crippen LogP contribution in [0.2, 0.25) is 0 Å². The SMILES string of the molecule is Cc1ccc(S(=O)(=O)Oc2cccc(NC(N)=O)c2)cc1. The molecule has 0 bridgehead atoms. The number of hydrogen-bond acceptors (Lipinski definition) is 4. The molecule has 0 aliphatic heterocycles. The van der Waals surface area contributed by atoms with E-state index in [0.29, 0.717) is 5.69 Å². The fraction of sp³-hybridized carbons (Fsp3) is 0.0714. The van der Waals surface area contributed by atoms with Crippen molar-refractivity contribution in [2.24, 2.45) is 5.73 Å². The first-order valence-corrected chi connectivity index (χ1v) is 7.45. The van der Waals surface area contributed by atoms with Crippen molar-refractivity contribution in [1.29, 1.82) is 0 Å². The van der Waals surface area contributed by atoms with Gasteiger partial charge < -0.3 is 15.2 Å². The predicted molar refractivity (Wildman–Crippen MR) is 78.6 cm³/mol. The number of anilines is 1. The summed E-state index contributed by atoms with van der Waals surface area (Å²) in [7, 11) is -3.92. The van der Waals surface area contributed by atoms with Crippen LogP contribution < -0.4 is 15.2 Å². The van der Waals surface area contributed by atoms with Crippen molar-refractivity contribution in [3.8, 4) is 5.75 Å². The van der Waals surface area contributed by atoms with Gasteiger partial charge >= 0.3 is 16.1 Å². The molecule has 6 nitrogen and oxygen atoms in total. The molecule has 0 saturated carbocycles. The van der Waals surface area contributed by atoms with Crippen LogP contribution in [0.15, 0.2) is 53.4 Å². The highest BCUT2D eigenvalue weighted by Gasteiger charge is 2.16. The summed E-state index contributed by atoms with van der Waals surface area (Å²) in [6.45, 7) is 1.86. The Kier molecular flexibility index (Phi) is 4.13. The van der Waals surface area contributed by atoms with Gasteiger partial charge in [0.1, 0.15) is 10.6 Å². The molecule has 110 valence electrons. The van der Waals surface area contributed by atoms with Crippen molar-refractivity contribution in [1.82, 2.24) is 0 Å². The summed E-state index contributed by atoms with van der Waals surface area (Å²) in [5.74, 6) is 0.0850. The summed E-state index contributed by atoms with van der Waals surface area (Å²) in [6.07, 6.45) is 0. The molecule has 0 fully saturated rings. The van der Waals surface area contributed by atoms with Crippen molar-refractivity contribution in [3.63, 3.8) is 0 Å². The molecule has 0 unspecified atom stereocenters. The minimum Gasteiger partial charge on any atom is -0.379 e. The van der Waals surface area contributed by atoms with Crippen LogP contribution in [0.5, 0.6) is 5.75 Å². The van der Waals surface area contributed by atoms with Gasteiger partial charge in [0.15, 0.2) is 0 Å². The second-order valence-electron chi connectivity index (χ2n) is 4.37. The molecule has 21 heavy (non-hydrogen) atoms. The maximum Gasteiger partial charge on any atom is 0.339 e. The fourth-order valence-corrected chi connectivity index (χ4v) is 2.57. The number of carbonyl (C=O) groups is 1. The zero-order valence-electron chi connectivity index (χ0n) is 11.2. The van der Waals surface area contributed by atoms with Gasteiger partial charge in [-0.15, -0.1) is 0 Å². The molecule has 0 aliphatic rings. The molecule has 2 amide bonds. The highest BCUT2D eigenvalue weighted by molar-refractivity contribution is 7.87. The van der Waals surface area contributed by atoms with Gasteiger partial charge in [-0.2, -0.15) is 8.42 Å². The molecular weight excluding hydrogens is 292 g/mol. The zero-order valence-corrected chi connectivity index (χ0v) is 12.1. The van der Waals surface area contributed by atoms with E-state index < -0.39 is 16.1 Å². The fourth-order valence-electron chi connectivity index (χ4n) is 1.65. The van der Waals surface area contributed by atoms with Crippen LogP contribution in [0.4, 0.5) is 10.5 Å². The van der Waals surface area contributed by atoms with Crippen molar-refractivity contribution in [3.05, 3.63) is 54.1 Å². The third-order valence-electron chi connectivity index (χ3n) is 2.62. The van der Waals surface area contributed by atoms with E-state index in [1.807, 2.05) is 6.92 Å². The molecule has 7 heteroatoms. The van der Waals surface area contributed by atoms with Gasteiger partial charge in [0.2, 0.25) is 0 Å². The Morgan fingerprint density at radius 3 is 2.43 bits per heavy atom. The highest BCUT2D eigenvalue weighted by atomic mass is 32.2. The predicted octanol–water partition coefficient (Wildman–Crippen LogP) is 2.25. The third kappa shape index (κ3) is 3.96. The van der Waals surface area contributed by atoms with Gasteiger partial charge in [0.05, 0.1) is 0 Å². The zero-order chi connectivity index (χ0) is 15.5. The molecule has 0 radical (unpaired) electrons. The summed E-state index contributed by atoms with van der Waals surface area (Å²) < 4.78 is 29.3. The summed E-state index contributed by atoms with van der Waals surface area (Å²) >= 11 is 0. The maximum atomic E-state index is 12.1. The van der Waals surface area contributed by atoms with Crippen LogP contribution in [-0.2, 0) is 10.1 Å². The molecule has 0 aliphatic carbocycles. The van der Waals surface area contributed by atoms with Crippen LogP contribution >= 0.6 is 0 Å². The van der Waals surface area contributed by atoms with Gasteiger partial charge in [-0.1, -0.05) is 23.8 Å². The topological polar surface area (TPSA) is 98.5 Å². The number of hydrogen-bond donors (Lipinski definition) is 2. The quantitative estimate of drug-likeness (QED) is 0.846. The van der Waals surface area contributed by atoms with E-state index in [-0.39, 0.29) is 10.6 Å². The van der Waals surface area contributed by atoms with Crippen LogP contribution in [0.25, 0.3) is 0 Å². The van der Waals surface area contributed by atoms with E-state index in [4.69, 9.17) is 9.92 Å². The smallest absolute Gasteiger partial charge is 0.339 e. The van der Waals surface area contributed by atoms with E-state index in [2.05, 4.69) is 5.32 Å². The Labute approximate surface area is 122 Å². The first kappa shape index (κ1) is 14.9. The third-order valence-corrected chi connectivity index (χ3v) is 3.88. The summed E-state index contributed by atoms with van der Waals surface area (Å²) in [6, 6.07) is 11.5. The van der Waals surface area contributed by atoms with Crippen molar-refractivity contribution in [2.45, 2.75) is 11.8 Å². The van der Waals surface area contributed by atoms with Crippen LogP contribution in [0, 0.1) is 6.92 Å². The first-order valence-electron chi connectivity index (χ1n) is 6.04. The van der Waals surface area contributed by atoms with Gasteiger partial charge in [-0.25, -0.2) is 4.79 Å². The van der Waals surface area contributed by atoms with Gasteiger partial charge in [0.25, 0.3) is 0 Å². The van der Waals surface area contributed by atoms with Gasteiger partial charge in [-0.05, 0) is 31.2 Å². The molecule has 0 heterocycles. The molecule has 0 aromatic heterocycles. The molecule has 0 atom stereocenters. The summed E-state index contributed by atoms with van der Waals surface area (Å²) in [5.41, 5.74) is 6.29. The van der Waals surface area contributed by atoms with E-state index in [0.717, 1.165) is 5.56 Å². The average molecular weight is 306 g/mol. The van der Waals surface area contributed by atoms with E-state index >= 15 is 0 Å². The number of amides is 2. The molecule has 3 N–H and O–H groups in total. The van der Waals surface area contributed by atoms with E-state index in [9.17, 15) is 13.2 Å². The van der Waals surface area contributed by atoms with Crippen molar-refractivity contribution in [2.75, 3.05) is 5.32 Å². The van der Waals surface area contributed by atoms with Crippen LogP contribution in [-0.4, -0.2) is 14.4 Å². The molecule has 2 aromatic rings. The lowest BCUT2D eigenvalue weighted by Crippen LogP contribution is -2.19. The van der Waals surface area contributed by atoms with Crippen molar-refractivity contribution < 1.29 is 17.4 Å². The largest absolute Gasteiger partial charge is 0.379 e. The first-order chi connectivity index (χ1) is 9.87. The second kappa shape index (κ2) is 5.84. The number of aryl methyl sites for hydroxylation is 1. The Bertz CT molecular complexity index is 755. The summed E-state index contributed by atoms with van der Waals surface area (Å²) in [5, 5.41) is 2.34. The van der Waals surface area contributed by atoms with Crippen LogP contribution in [0.3, 0.4) is 0 Å². The van der Waals surface area contributed by atoms with Crippen LogP contribution in [0.1, 0.15) is 5.56 Å². The van der Waals surface area contributed by atoms with Gasteiger partial charge in [0, 0.05) is 11.8 Å². The monoisotopic (exact) mass is 306 g/mol. The minimum atomic E-state index is -3.92. The average Bonchev–Trinajstić information content (AvgIpc) is 2.38. The second-order valence-corrected chi connectivity index (χ2v) is 5.91. The van der Waals surface area contributed by atoms with Gasteiger partial charge in [-0.3, -0.25) is 0 Å². The minimum absolute atomic E-state index is 0.0568. The number of nitrogens with two attached hydrogens (primary N) is 1. The number of urea groups is 1. The number of rotatable bonds is 4. The van der Waals surface area contributed by atoms with E-state index in [1.54, 1.807) is 24.3 Å².